The number of unbranched alkanes of at least 4 members (excludes halogenated alkanes) is 1. The number of nitrogens with one attached hydrogen (secondary N) is 2. The molecule has 0 bridgehead atoms. The van der Waals surface area contributed by atoms with Crippen LogP contribution in [0.25, 0.3) is 0 Å². The molecule has 2 fully saturated rings. The van der Waals surface area contributed by atoms with Crippen molar-refractivity contribution >= 4 is 17.9 Å². The Kier molecular flexibility index (Phi) is 8.34. The lowest BCUT2D eigenvalue weighted by atomic mass is 9.80. The Balaban J connectivity index is 2.06. The highest BCUT2D eigenvalue weighted by Gasteiger charge is 2.42. The number of carbonyl (C=O) groups excluding carboxylic acids is 2. The lowest BCUT2D eigenvalue weighted by Crippen LogP contribution is -2.63. The molecule has 8 heteroatoms. The van der Waals surface area contributed by atoms with Gasteiger partial charge in [-0.15, -0.1) is 0 Å². The summed E-state index contributed by atoms with van der Waals surface area (Å²) in [5.41, 5.74) is -0.948. The largest absolute Gasteiger partial charge is 0.481 e. The third-order valence-electron chi connectivity index (χ3n) is 5.45. The number of urea groups is 1. The average Bonchev–Trinajstić information content (AvgIpc) is 2.67. The van der Waals surface area contributed by atoms with Crippen LogP contribution in [0, 0.1) is 0 Å². The second-order valence-electron chi connectivity index (χ2n) is 7.58. The molecular weight excluding hydrogens is 350 g/mol. The fourth-order valence-electron chi connectivity index (χ4n) is 3.82. The highest BCUT2D eigenvalue weighted by Crippen LogP contribution is 2.29. The Bertz CT molecular complexity index is 513. The van der Waals surface area contributed by atoms with Crippen molar-refractivity contribution < 1.29 is 24.2 Å². The molecule has 0 aromatic rings. The first-order valence-electron chi connectivity index (χ1n) is 10.1. The quantitative estimate of drug-likeness (QED) is 0.593. The number of aliphatic carboxylic acids is 1. The maximum Gasteiger partial charge on any atom is 0.318 e. The topological polar surface area (TPSA) is 108 Å². The molecule has 2 aliphatic rings. The second kappa shape index (κ2) is 10.5. The average molecular weight is 383 g/mol. The van der Waals surface area contributed by atoms with Crippen molar-refractivity contribution in [1.82, 2.24) is 15.5 Å². The van der Waals surface area contributed by atoms with Gasteiger partial charge in [-0.05, 0) is 19.3 Å². The molecule has 0 aromatic carbocycles. The summed E-state index contributed by atoms with van der Waals surface area (Å²) in [5.74, 6) is -1.17. The van der Waals surface area contributed by atoms with Gasteiger partial charge in [0.2, 0.25) is 5.91 Å². The van der Waals surface area contributed by atoms with Crippen LogP contribution in [0.15, 0.2) is 0 Å². The normalized spacial score (nSPS) is 20.6. The lowest BCUT2D eigenvalue weighted by Gasteiger charge is -2.39. The van der Waals surface area contributed by atoms with Crippen molar-refractivity contribution in [3.05, 3.63) is 0 Å². The van der Waals surface area contributed by atoms with E-state index < -0.39 is 17.6 Å². The molecule has 0 spiro atoms. The molecule has 1 heterocycles. The van der Waals surface area contributed by atoms with Gasteiger partial charge in [0.15, 0.2) is 0 Å². The molecule has 3 N–H and O–H groups in total. The zero-order valence-corrected chi connectivity index (χ0v) is 16.3. The van der Waals surface area contributed by atoms with Crippen LogP contribution >= 0.6 is 0 Å². The number of carboxylic acid groups (broad SMARTS) is 1. The standard InChI is InChI=1S/C19H33N3O5/c1-2-3-7-15(14-16(23)24)20-17(25)19(8-5-4-6-9-19)21-18(26)22-10-12-27-13-11-22/h15H,2-14H2,1H3,(H,20,25)(H,21,26)(H,23,24)/t15-/m0/s1. The number of morpholine rings is 1. The molecule has 0 aromatic heterocycles. The number of hydrogen-bond donors (Lipinski definition) is 3. The number of hydrogen-bond acceptors (Lipinski definition) is 4. The van der Waals surface area contributed by atoms with Gasteiger partial charge in [0, 0.05) is 19.1 Å². The molecule has 154 valence electrons. The minimum Gasteiger partial charge on any atom is -0.481 e. The molecule has 2 rings (SSSR count). The number of amides is 3. The molecule has 0 unspecified atom stereocenters. The monoisotopic (exact) mass is 383 g/mol. The number of nitrogens with zero attached hydrogens (tertiary/aromatic N) is 1. The van der Waals surface area contributed by atoms with Gasteiger partial charge in [-0.25, -0.2) is 4.79 Å². The van der Waals surface area contributed by atoms with Gasteiger partial charge in [-0.2, -0.15) is 0 Å². The minimum absolute atomic E-state index is 0.0980. The van der Waals surface area contributed by atoms with E-state index in [0.717, 1.165) is 32.1 Å². The summed E-state index contributed by atoms with van der Waals surface area (Å²) in [4.78, 5) is 38.7. The predicted molar refractivity (Wildman–Crippen MR) is 100 cm³/mol. The second-order valence-corrected chi connectivity index (χ2v) is 7.58. The number of ether oxygens (including phenoxy) is 1. The summed E-state index contributed by atoms with van der Waals surface area (Å²) in [7, 11) is 0. The Morgan fingerprint density at radius 3 is 2.41 bits per heavy atom. The van der Waals surface area contributed by atoms with Crippen LogP contribution in [0.5, 0.6) is 0 Å². The van der Waals surface area contributed by atoms with Gasteiger partial charge in [0.1, 0.15) is 5.54 Å². The van der Waals surface area contributed by atoms with Crippen LogP contribution in [0.4, 0.5) is 4.79 Å². The van der Waals surface area contributed by atoms with Crippen molar-refractivity contribution in [2.75, 3.05) is 26.3 Å². The third-order valence-corrected chi connectivity index (χ3v) is 5.45. The molecular formula is C19H33N3O5. The van der Waals surface area contributed by atoms with Crippen LogP contribution in [0.1, 0.15) is 64.7 Å². The predicted octanol–water partition coefficient (Wildman–Crippen LogP) is 1.88. The summed E-state index contributed by atoms with van der Waals surface area (Å²) in [5, 5.41) is 15.1. The summed E-state index contributed by atoms with van der Waals surface area (Å²) >= 11 is 0. The van der Waals surface area contributed by atoms with Gasteiger partial charge in [0.05, 0.1) is 19.6 Å². The van der Waals surface area contributed by atoms with Crippen LogP contribution in [-0.2, 0) is 14.3 Å². The van der Waals surface area contributed by atoms with E-state index in [1.165, 1.54) is 0 Å². The Labute approximate surface area is 161 Å². The first-order valence-corrected chi connectivity index (χ1v) is 10.1. The van der Waals surface area contributed by atoms with Crippen LogP contribution in [-0.4, -0.2) is 65.8 Å². The number of carbonyl (C=O) groups is 3. The molecule has 1 atom stereocenters. The Morgan fingerprint density at radius 1 is 1.15 bits per heavy atom. The maximum absolute atomic E-state index is 13.1. The highest BCUT2D eigenvalue weighted by atomic mass is 16.5. The van der Waals surface area contributed by atoms with E-state index in [-0.39, 0.29) is 18.4 Å². The van der Waals surface area contributed by atoms with Crippen LogP contribution < -0.4 is 10.6 Å². The van der Waals surface area contributed by atoms with Crippen LogP contribution in [0.2, 0.25) is 0 Å². The van der Waals surface area contributed by atoms with E-state index in [4.69, 9.17) is 9.84 Å². The number of rotatable bonds is 8. The number of carboxylic acids is 1. The van der Waals surface area contributed by atoms with Crippen molar-refractivity contribution in [3.8, 4) is 0 Å². The third kappa shape index (κ3) is 6.37. The molecule has 3 amide bonds. The van der Waals surface area contributed by atoms with E-state index in [2.05, 4.69) is 10.6 Å². The van der Waals surface area contributed by atoms with E-state index in [1.807, 2.05) is 6.92 Å². The molecule has 8 nitrogen and oxygen atoms in total. The Morgan fingerprint density at radius 2 is 1.81 bits per heavy atom. The van der Waals surface area contributed by atoms with Gasteiger partial charge in [0.25, 0.3) is 0 Å². The van der Waals surface area contributed by atoms with E-state index in [9.17, 15) is 14.4 Å². The first-order chi connectivity index (χ1) is 13.0. The molecule has 1 saturated carbocycles. The maximum atomic E-state index is 13.1. The summed E-state index contributed by atoms with van der Waals surface area (Å²) < 4.78 is 5.28. The SMILES string of the molecule is CCCC[C@@H](CC(=O)O)NC(=O)C1(NC(=O)N2CCOCC2)CCCCC1. The fraction of sp³-hybridized carbons (Fsp3) is 0.842. The zero-order chi connectivity index (χ0) is 19.7. The zero-order valence-electron chi connectivity index (χ0n) is 16.3. The molecule has 27 heavy (non-hydrogen) atoms. The smallest absolute Gasteiger partial charge is 0.318 e. The molecule has 1 saturated heterocycles. The van der Waals surface area contributed by atoms with E-state index in [0.29, 0.717) is 45.6 Å². The van der Waals surface area contributed by atoms with Crippen molar-refractivity contribution in [1.29, 1.82) is 0 Å². The molecule has 1 aliphatic heterocycles. The minimum atomic E-state index is -0.948. The highest BCUT2D eigenvalue weighted by molar-refractivity contribution is 5.91. The van der Waals surface area contributed by atoms with Gasteiger partial charge < -0.3 is 25.4 Å². The summed E-state index contributed by atoms with van der Waals surface area (Å²) in [6.07, 6.45) is 6.27. The fourth-order valence-corrected chi connectivity index (χ4v) is 3.82. The van der Waals surface area contributed by atoms with E-state index >= 15 is 0 Å². The summed E-state index contributed by atoms with van der Waals surface area (Å²) in [6.45, 7) is 4.07. The summed E-state index contributed by atoms with van der Waals surface area (Å²) in [6, 6.07) is -0.646. The van der Waals surface area contributed by atoms with Gasteiger partial charge >= 0.3 is 12.0 Å². The van der Waals surface area contributed by atoms with E-state index in [1.54, 1.807) is 4.90 Å². The van der Waals surface area contributed by atoms with Crippen molar-refractivity contribution in [3.63, 3.8) is 0 Å². The Hall–Kier alpha value is -1.83. The van der Waals surface area contributed by atoms with Crippen LogP contribution in [0.3, 0.4) is 0 Å². The van der Waals surface area contributed by atoms with Crippen molar-refractivity contribution in [2.45, 2.75) is 76.3 Å². The van der Waals surface area contributed by atoms with Gasteiger partial charge in [-0.1, -0.05) is 39.0 Å². The van der Waals surface area contributed by atoms with Crippen molar-refractivity contribution in [2.24, 2.45) is 0 Å². The molecule has 0 radical (unpaired) electrons. The van der Waals surface area contributed by atoms with Gasteiger partial charge in [-0.3, -0.25) is 9.59 Å². The lowest BCUT2D eigenvalue weighted by molar-refractivity contribution is -0.138. The molecule has 1 aliphatic carbocycles. The first kappa shape index (κ1) is 21.5.